The minimum Gasteiger partial charge on any atom is -0.494 e. The molecule has 1 atom stereocenters. The summed E-state index contributed by atoms with van der Waals surface area (Å²) in [7, 11) is -3.77. The second kappa shape index (κ2) is 13.4. The predicted molar refractivity (Wildman–Crippen MR) is 148 cm³/mol. The molecule has 42 heavy (non-hydrogen) atoms. The molecule has 0 saturated carbocycles. The number of hydrogen-bond donors (Lipinski definition) is 3. The molecule has 0 spiro atoms. The maximum atomic E-state index is 13.4. The third-order valence-corrected chi connectivity index (χ3v) is 8.23. The Morgan fingerprint density at radius 1 is 1.05 bits per heavy atom. The van der Waals surface area contributed by atoms with Crippen LogP contribution in [0.1, 0.15) is 29.5 Å². The minimum atomic E-state index is -4.51. The van der Waals surface area contributed by atoms with Gasteiger partial charge in [-0.2, -0.15) is 13.2 Å². The SMILES string of the molecule is O=C(NNCc1cccc(C(F)(F)F)c1)[C@]1(CCS(=O)(=O)c2ccccc2)COC(c2ccc(OCCCO)cc2)=N1. The van der Waals surface area contributed by atoms with Crippen LogP contribution in [-0.4, -0.2) is 56.4 Å². The number of nitrogens with one attached hydrogen (secondary N) is 2. The lowest BCUT2D eigenvalue weighted by Crippen LogP contribution is -2.52. The molecular formula is C29H30F3N3O6S. The van der Waals surface area contributed by atoms with Gasteiger partial charge in [0.15, 0.2) is 15.4 Å². The minimum absolute atomic E-state index is 0.00166. The number of halogens is 3. The van der Waals surface area contributed by atoms with Crippen LogP contribution in [-0.2, 0) is 32.1 Å². The molecular weight excluding hydrogens is 575 g/mol. The predicted octanol–water partition coefficient (Wildman–Crippen LogP) is 3.67. The van der Waals surface area contributed by atoms with Crippen LogP contribution >= 0.6 is 0 Å². The monoisotopic (exact) mass is 605 g/mol. The van der Waals surface area contributed by atoms with Crippen molar-refractivity contribution in [3.8, 4) is 5.75 Å². The normalized spacial score (nSPS) is 16.9. The molecule has 0 unspecified atom stereocenters. The second-order valence-electron chi connectivity index (χ2n) is 9.57. The number of aliphatic imine (C=N–C) groups is 1. The van der Waals surface area contributed by atoms with Gasteiger partial charge < -0.3 is 14.6 Å². The van der Waals surface area contributed by atoms with E-state index in [0.29, 0.717) is 24.3 Å². The van der Waals surface area contributed by atoms with Gasteiger partial charge in [0.1, 0.15) is 12.4 Å². The number of nitrogens with zero attached hydrogens (tertiary/aromatic N) is 1. The molecule has 0 aliphatic carbocycles. The number of hydrazine groups is 1. The summed E-state index contributed by atoms with van der Waals surface area (Å²) >= 11 is 0. The van der Waals surface area contributed by atoms with Crippen LogP contribution < -0.4 is 15.6 Å². The Balaban J connectivity index is 1.51. The van der Waals surface area contributed by atoms with E-state index in [1.807, 2.05) is 0 Å². The summed E-state index contributed by atoms with van der Waals surface area (Å²) in [6.07, 6.45) is -4.25. The van der Waals surface area contributed by atoms with Crippen molar-refractivity contribution in [3.05, 3.63) is 95.6 Å². The van der Waals surface area contributed by atoms with Crippen LogP contribution in [0.3, 0.4) is 0 Å². The van der Waals surface area contributed by atoms with E-state index in [-0.39, 0.29) is 42.5 Å². The largest absolute Gasteiger partial charge is 0.494 e. The summed E-state index contributed by atoms with van der Waals surface area (Å²) in [6.45, 7) is -0.0384. The molecule has 0 radical (unpaired) electrons. The zero-order chi connectivity index (χ0) is 30.2. The zero-order valence-corrected chi connectivity index (χ0v) is 23.2. The Hall–Kier alpha value is -3.94. The Bertz CT molecular complexity index is 1500. The van der Waals surface area contributed by atoms with Crippen molar-refractivity contribution in [2.24, 2.45) is 4.99 Å². The number of hydrogen-bond acceptors (Lipinski definition) is 8. The zero-order valence-electron chi connectivity index (χ0n) is 22.4. The van der Waals surface area contributed by atoms with Gasteiger partial charge in [-0.25, -0.2) is 18.8 Å². The molecule has 13 heteroatoms. The summed E-state index contributed by atoms with van der Waals surface area (Å²) < 4.78 is 76.5. The lowest BCUT2D eigenvalue weighted by atomic mass is 9.98. The third-order valence-electron chi connectivity index (χ3n) is 6.49. The summed E-state index contributed by atoms with van der Waals surface area (Å²) in [6, 6.07) is 19.2. The fraction of sp³-hybridized carbons (Fsp3) is 0.310. The van der Waals surface area contributed by atoms with Gasteiger partial charge in [-0.05, 0) is 54.4 Å². The Labute approximate surface area is 241 Å². The van der Waals surface area contributed by atoms with Crippen LogP contribution in [0.5, 0.6) is 5.75 Å². The van der Waals surface area contributed by atoms with Gasteiger partial charge in [0, 0.05) is 25.1 Å². The molecule has 0 fully saturated rings. The number of aliphatic hydroxyl groups is 1. The first kappa shape index (κ1) is 31.0. The Morgan fingerprint density at radius 3 is 2.48 bits per heavy atom. The van der Waals surface area contributed by atoms with Gasteiger partial charge in [0.2, 0.25) is 5.90 Å². The van der Waals surface area contributed by atoms with Gasteiger partial charge >= 0.3 is 6.18 Å². The molecule has 1 amide bonds. The van der Waals surface area contributed by atoms with Gasteiger partial charge in [0.25, 0.3) is 5.91 Å². The molecule has 3 aromatic rings. The second-order valence-corrected chi connectivity index (χ2v) is 11.7. The molecule has 1 aliphatic rings. The maximum Gasteiger partial charge on any atom is 0.416 e. The molecule has 224 valence electrons. The lowest BCUT2D eigenvalue weighted by Gasteiger charge is -2.23. The van der Waals surface area contributed by atoms with E-state index in [9.17, 15) is 26.4 Å². The standard InChI is InChI=1S/C29H30F3N3O6S/c30-29(31,32)23-7-4-6-21(18-23)19-33-35-27(37)28(14-17-42(38,39)25-8-2-1-3-9-25)20-41-26(34-28)22-10-12-24(13-11-22)40-16-5-15-36/h1-4,6-13,18,33,36H,5,14-17,19-20H2,(H,35,37)/t28-/m0/s1. The number of aliphatic hydroxyl groups excluding tert-OH is 1. The van der Waals surface area contributed by atoms with Crippen LogP contribution in [0.15, 0.2) is 88.8 Å². The van der Waals surface area contributed by atoms with E-state index in [2.05, 4.69) is 15.8 Å². The smallest absolute Gasteiger partial charge is 0.416 e. The van der Waals surface area contributed by atoms with Crippen molar-refractivity contribution in [1.29, 1.82) is 0 Å². The van der Waals surface area contributed by atoms with Gasteiger partial charge in [-0.1, -0.05) is 36.4 Å². The van der Waals surface area contributed by atoms with Crippen molar-refractivity contribution in [2.75, 3.05) is 25.6 Å². The highest BCUT2D eigenvalue weighted by atomic mass is 32.2. The number of carbonyl (C=O) groups excluding carboxylic acids is 1. The summed E-state index contributed by atoms with van der Waals surface area (Å²) in [5.74, 6) is -0.420. The Kier molecular flexibility index (Phi) is 9.86. The number of ether oxygens (including phenoxy) is 2. The average molecular weight is 606 g/mol. The molecule has 0 aromatic heterocycles. The quantitative estimate of drug-likeness (QED) is 0.201. The van der Waals surface area contributed by atoms with E-state index in [1.54, 1.807) is 42.5 Å². The average Bonchev–Trinajstić information content (AvgIpc) is 3.43. The van der Waals surface area contributed by atoms with Crippen LogP contribution in [0.25, 0.3) is 0 Å². The fourth-order valence-corrected chi connectivity index (χ4v) is 5.56. The van der Waals surface area contributed by atoms with Crippen molar-refractivity contribution in [2.45, 2.75) is 36.0 Å². The molecule has 0 saturated heterocycles. The van der Waals surface area contributed by atoms with E-state index in [4.69, 9.17) is 14.6 Å². The van der Waals surface area contributed by atoms with Crippen LogP contribution in [0, 0.1) is 0 Å². The number of alkyl halides is 3. The molecule has 0 bridgehead atoms. The van der Waals surface area contributed by atoms with Gasteiger partial charge in [0.05, 0.1) is 22.8 Å². The Morgan fingerprint density at radius 2 is 1.79 bits per heavy atom. The van der Waals surface area contributed by atoms with Crippen molar-refractivity contribution < 1.29 is 41.0 Å². The maximum absolute atomic E-state index is 13.4. The molecule has 9 nitrogen and oxygen atoms in total. The fourth-order valence-electron chi connectivity index (χ4n) is 4.15. The van der Waals surface area contributed by atoms with Crippen molar-refractivity contribution in [1.82, 2.24) is 10.9 Å². The van der Waals surface area contributed by atoms with Gasteiger partial charge in [-0.15, -0.1) is 0 Å². The van der Waals surface area contributed by atoms with Gasteiger partial charge in [-0.3, -0.25) is 10.2 Å². The van der Waals surface area contributed by atoms with Crippen molar-refractivity contribution >= 4 is 21.6 Å². The molecule has 3 aromatic carbocycles. The van der Waals surface area contributed by atoms with E-state index in [1.165, 1.54) is 24.3 Å². The number of amides is 1. The first-order valence-electron chi connectivity index (χ1n) is 13.1. The third kappa shape index (κ3) is 7.87. The molecule has 1 heterocycles. The number of sulfone groups is 1. The number of benzene rings is 3. The summed E-state index contributed by atoms with van der Waals surface area (Å²) in [5, 5.41) is 8.91. The van der Waals surface area contributed by atoms with Crippen LogP contribution in [0.2, 0.25) is 0 Å². The first-order chi connectivity index (χ1) is 20.0. The molecule has 4 rings (SSSR count). The topological polar surface area (TPSA) is 126 Å². The van der Waals surface area contributed by atoms with E-state index >= 15 is 0 Å². The van der Waals surface area contributed by atoms with Crippen LogP contribution in [0.4, 0.5) is 13.2 Å². The number of carbonyl (C=O) groups is 1. The first-order valence-corrected chi connectivity index (χ1v) is 14.7. The summed E-state index contributed by atoms with van der Waals surface area (Å²) in [5.41, 5.74) is 3.44. The highest BCUT2D eigenvalue weighted by Gasteiger charge is 2.45. The molecule has 1 aliphatic heterocycles. The lowest BCUT2D eigenvalue weighted by molar-refractivity contribution is -0.137. The number of rotatable bonds is 13. The highest BCUT2D eigenvalue weighted by molar-refractivity contribution is 7.91. The molecule has 3 N–H and O–H groups in total. The van der Waals surface area contributed by atoms with E-state index < -0.39 is 38.8 Å². The van der Waals surface area contributed by atoms with Crippen molar-refractivity contribution in [3.63, 3.8) is 0 Å². The van der Waals surface area contributed by atoms with E-state index in [0.717, 1.165) is 12.1 Å². The summed E-state index contributed by atoms with van der Waals surface area (Å²) in [4.78, 5) is 18.1. The highest BCUT2D eigenvalue weighted by Crippen LogP contribution is 2.30.